The lowest BCUT2D eigenvalue weighted by Gasteiger charge is -2.36. The van der Waals surface area contributed by atoms with Crippen molar-refractivity contribution in [2.75, 3.05) is 0 Å². The van der Waals surface area contributed by atoms with E-state index in [-0.39, 0.29) is 5.41 Å². The molecule has 1 heterocycles. The topological polar surface area (TPSA) is 50.2 Å². The molecule has 0 bridgehead atoms. The molecular formula is C25H24ClNO2. The highest BCUT2D eigenvalue weighted by atomic mass is 35.5. The second-order valence-electron chi connectivity index (χ2n) is 8.83. The number of hydrogen-bond acceptors (Lipinski definition) is 2. The number of allylic oxidation sites excluding steroid dienone is 1. The Labute approximate surface area is 176 Å². The van der Waals surface area contributed by atoms with E-state index in [1.54, 1.807) is 0 Å². The van der Waals surface area contributed by atoms with Gasteiger partial charge in [0.15, 0.2) is 0 Å². The van der Waals surface area contributed by atoms with Crippen molar-refractivity contribution >= 4 is 40.1 Å². The van der Waals surface area contributed by atoms with Gasteiger partial charge in [-0.05, 0) is 65.1 Å². The lowest BCUT2D eigenvalue weighted by molar-refractivity contribution is 0.0696. The number of fused-ring (bicyclic) bond motifs is 2. The molecule has 0 radical (unpaired) electrons. The first-order chi connectivity index (χ1) is 13.7. The van der Waals surface area contributed by atoms with E-state index >= 15 is 0 Å². The second-order valence-corrected chi connectivity index (χ2v) is 9.27. The number of rotatable bonds is 2. The summed E-state index contributed by atoms with van der Waals surface area (Å²) in [5, 5.41) is 11.5. The summed E-state index contributed by atoms with van der Waals surface area (Å²) in [6, 6.07) is 15.2. The summed E-state index contributed by atoms with van der Waals surface area (Å²) in [5.41, 5.74) is 4.87. The van der Waals surface area contributed by atoms with Gasteiger partial charge in [0.25, 0.3) is 0 Å². The third-order valence-electron chi connectivity index (χ3n) is 5.84. The Kier molecular flexibility index (Phi) is 4.95. The fourth-order valence-corrected chi connectivity index (χ4v) is 4.38. The fourth-order valence-electron chi connectivity index (χ4n) is 4.18. The van der Waals surface area contributed by atoms with Crippen molar-refractivity contribution in [1.82, 2.24) is 4.98 Å². The van der Waals surface area contributed by atoms with Gasteiger partial charge in [0, 0.05) is 10.4 Å². The summed E-state index contributed by atoms with van der Waals surface area (Å²) >= 11 is 6.19. The van der Waals surface area contributed by atoms with E-state index in [0.717, 1.165) is 34.3 Å². The highest BCUT2D eigenvalue weighted by Gasteiger charge is 2.35. The minimum Gasteiger partial charge on any atom is -0.478 e. The van der Waals surface area contributed by atoms with Crippen LogP contribution < -0.4 is 0 Å². The molecule has 0 fully saturated rings. The van der Waals surface area contributed by atoms with Gasteiger partial charge >= 0.3 is 5.97 Å². The molecule has 4 heteroatoms. The van der Waals surface area contributed by atoms with Gasteiger partial charge in [-0.15, -0.1) is 0 Å². The smallest absolute Gasteiger partial charge is 0.336 e. The molecule has 148 valence electrons. The van der Waals surface area contributed by atoms with Crippen LogP contribution >= 0.6 is 11.6 Å². The van der Waals surface area contributed by atoms with Gasteiger partial charge in [0.2, 0.25) is 0 Å². The molecule has 0 saturated carbocycles. The standard InChI is InChI=1S/C25H24ClNO2/c1-25(2,3)17-13-16(11-15-7-6-8-18(26)12-15)23-20(14-17)22(24(28)29)19-9-4-5-10-21(19)27-23/h4-12,17H,13-14H2,1-3H3,(H,28,29)/b16-11+/t17-/m0/s1. The van der Waals surface area contributed by atoms with Gasteiger partial charge < -0.3 is 5.11 Å². The second kappa shape index (κ2) is 7.31. The number of benzene rings is 2. The third kappa shape index (κ3) is 3.79. The molecule has 29 heavy (non-hydrogen) atoms. The number of para-hydroxylation sites is 1. The number of pyridine rings is 1. The number of carboxylic acid groups (broad SMARTS) is 1. The first kappa shape index (κ1) is 19.7. The van der Waals surface area contributed by atoms with E-state index in [9.17, 15) is 9.90 Å². The summed E-state index contributed by atoms with van der Waals surface area (Å²) in [6.45, 7) is 6.65. The molecular weight excluding hydrogens is 382 g/mol. The normalized spacial score (nSPS) is 18.1. The Morgan fingerprint density at radius 1 is 1.14 bits per heavy atom. The van der Waals surface area contributed by atoms with Crippen molar-refractivity contribution in [2.45, 2.75) is 33.6 Å². The number of halogens is 1. The van der Waals surface area contributed by atoms with Crippen LogP contribution in [0.5, 0.6) is 0 Å². The number of aromatic carboxylic acids is 1. The minimum atomic E-state index is -0.892. The summed E-state index contributed by atoms with van der Waals surface area (Å²) in [4.78, 5) is 17.2. The zero-order valence-corrected chi connectivity index (χ0v) is 17.6. The van der Waals surface area contributed by atoms with Gasteiger partial charge in [-0.3, -0.25) is 0 Å². The summed E-state index contributed by atoms with van der Waals surface area (Å²) < 4.78 is 0. The molecule has 1 atom stereocenters. The first-order valence-electron chi connectivity index (χ1n) is 9.85. The van der Waals surface area contributed by atoms with E-state index in [0.29, 0.717) is 28.3 Å². The predicted molar refractivity (Wildman–Crippen MR) is 119 cm³/mol. The highest BCUT2D eigenvalue weighted by molar-refractivity contribution is 6.30. The van der Waals surface area contributed by atoms with Gasteiger partial charge in [-0.1, -0.05) is 62.7 Å². The summed E-state index contributed by atoms with van der Waals surface area (Å²) in [7, 11) is 0. The minimum absolute atomic E-state index is 0.0481. The quantitative estimate of drug-likeness (QED) is 0.513. The van der Waals surface area contributed by atoms with E-state index < -0.39 is 5.97 Å². The van der Waals surface area contributed by atoms with E-state index in [1.165, 1.54) is 0 Å². The molecule has 1 aliphatic carbocycles. The van der Waals surface area contributed by atoms with E-state index in [1.807, 2.05) is 48.5 Å². The van der Waals surface area contributed by atoms with Crippen molar-refractivity contribution in [1.29, 1.82) is 0 Å². The van der Waals surface area contributed by atoms with Crippen LogP contribution in [-0.2, 0) is 6.42 Å². The molecule has 1 aromatic heterocycles. The van der Waals surface area contributed by atoms with Gasteiger partial charge in [-0.25, -0.2) is 9.78 Å². The molecule has 0 spiro atoms. The summed E-state index contributed by atoms with van der Waals surface area (Å²) in [6.07, 6.45) is 3.68. The molecule has 4 rings (SSSR count). The van der Waals surface area contributed by atoms with Gasteiger partial charge in [0.05, 0.1) is 16.8 Å². The maximum atomic E-state index is 12.3. The van der Waals surface area contributed by atoms with Gasteiger partial charge in [0.1, 0.15) is 0 Å². The number of carbonyl (C=O) groups is 1. The molecule has 1 N–H and O–H groups in total. The molecule has 0 saturated heterocycles. The number of hydrogen-bond donors (Lipinski definition) is 1. The van der Waals surface area contributed by atoms with Gasteiger partial charge in [-0.2, -0.15) is 0 Å². The maximum Gasteiger partial charge on any atom is 0.336 e. The molecule has 1 aliphatic rings. The van der Waals surface area contributed by atoms with Crippen LogP contribution in [-0.4, -0.2) is 16.1 Å². The van der Waals surface area contributed by atoms with Crippen LogP contribution in [0.15, 0.2) is 48.5 Å². The largest absolute Gasteiger partial charge is 0.478 e. The third-order valence-corrected chi connectivity index (χ3v) is 6.08. The Morgan fingerprint density at radius 3 is 2.59 bits per heavy atom. The van der Waals surface area contributed by atoms with Crippen LogP contribution in [0, 0.1) is 11.3 Å². The Morgan fingerprint density at radius 2 is 1.90 bits per heavy atom. The summed E-state index contributed by atoms with van der Waals surface area (Å²) in [5.74, 6) is -0.571. The van der Waals surface area contributed by atoms with E-state index in [2.05, 4.69) is 26.8 Å². The molecule has 2 aromatic carbocycles. The number of aromatic nitrogens is 1. The zero-order chi connectivity index (χ0) is 20.8. The number of carboxylic acids is 1. The first-order valence-corrected chi connectivity index (χ1v) is 10.2. The average molecular weight is 406 g/mol. The van der Waals surface area contributed by atoms with Crippen molar-refractivity contribution < 1.29 is 9.90 Å². The molecule has 0 amide bonds. The Balaban J connectivity index is 2.00. The Hall–Kier alpha value is -2.65. The fraction of sp³-hybridized carbons (Fsp3) is 0.280. The molecule has 0 aliphatic heterocycles. The lowest BCUT2D eigenvalue weighted by Crippen LogP contribution is -2.28. The predicted octanol–water partition coefficient (Wildman–Crippen LogP) is 6.74. The SMILES string of the molecule is CC(C)(C)[C@H]1C/C(=C\c2cccc(Cl)c2)c2nc3ccccc3c(C(=O)O)c2C1. The van der Waals surface area contributed by atoms with Crippen LogP contribution in [0.2, 0.25) is 5.02 Å². The Bertz CT molecular complexity index is 1140. The van der Waals surface area contributed by atoms with Crippen LogP contribution in [0.25, 0.3) is 22.6 Å². The lowest BCUT2D eigenvalue weighted by atomic mass is 9.69. The highest BCUT2D eigenvalue weighted by Crippen LogP contribution is 2.44. The van der Waals surface area contributed by atoms with E-state index in [4.69, 9.17) is 16.6 Å². The molecule has 0 unspecified atom stereocenters. The van der Waals surface area contributed by atoms with Crippen LogP contribution in [0.1, 0.15) is 54.4 Å². The zero-order valence-electron chi connectivity index (χ0n) is 16.9. The maximum absolute atomic E-state index is 12.3. The number of nitrogens with zero attached hydrogens (tertiary/aromatic N) is 1. The van der Waals surface area contributed by atoms with Crippen LogP contribution in [0.4, 0.5) is 0 Å². The van der Waals surface area contributed by atoms with Crippen molar-refractivity contribution in [2.24, 2.45) is 11.3 Å². The molecule has 3 nitrogen and oxygen atoms in total. The van der Waals surface area contributed by atoms with Crippen molar-refractivity contribution in [3.8, 4) is 0 Å². The van der Waals surface area contributed by atoms with Crippen molar-refractivity contribution in [3.63, 3.8) is 0 Å². The average Bonchev–Trinajstić information content (AvgIpc) is 2.65. The van der Waals surface area contributed by atoms with Crippen molar-refractivity contribution in [3.05, 3.63) is 75.9 Å². The van der Waals surface area contributed by atoms with Crippen LogP contribution in [0.3, 0.4) is 0 Å². The monoisotopic (exact) mass is 405 g/mol. The molecule has 3 aromatic rings.